The Labute approximate surface area is 96.7 Å². The lowest BCUT2D eigenvalue weighted by molar-refractivity contribution is 0.152. The van der Waals surface area contributed by atoms with Crippen molar-refractivity contribution in [1.29, 1.82) is 0 Å². The molecule has 0 saturated heterocycles. The summed E-state index contributed by atoms with van der Waals surface area (Å²) < 4.78 is 0. The van der Waals surface area contributed by atoms with Crippen molar-refractivity contribution in [2.45, 2.75) is 44.8 Å². The van der Waals surface area contributed by atoms with Crippen molar-refractivity contribution in [3.8, 4) is 0 Å². The molecule has 2 N–H and O–H groups in total. The quantitative estimate of drug-likeness (QED) is 0.798. The molecule has 0 amide bonds. The van der Waals surface area contributed by atoms with Crippen LogP contribution in [-0.4, -0.2) is 11.1 Å². The average Bonchev–Trinajstić information content (AvgIpc) is 3.12. The van der Waals surface area contributed by atoms with Gasteiger partial charge in [0.25, 0.3) is 0 Å². The minimum absolute atomic E-state index is 0.270. The van der Waals surface area contributed by atoms with E-state index in [0.29, 0.717) is 6.04 Å². The van der Waals surface area contributed by atoms with Crippen molar-refractivity contribution >= 4 is 5.69 Å². The van der Waals surface area contributed by atoms with Gasteiger partial charge >= 0.3 is 0 Å². The summed E-state index contributed by atoms with van der Waals surface area (Å²) >= 11 is 0. The Morgan fingerprint density at radius 3 is 2.88 bits per heavy atom. The Hall–Kier alpha value is -1.02. The number of benzene rings is 1. The van der Waals surface area contributed by atoms with Crippen LogP contribution in [0.15, 0.2) is 18.2 Å². The predicted molar refractivity (Wildman–Crippen MR) is 65.5 cm³/mol. The molecule has 0 bridgehead atoms. The molecule has 1 aliphatic carbocycles. The fraction of sp³-hybridized carbons (Fsp3) is 0.571. The van der Waals surface area contributed by atoms with Crippen molar-refractivity contribution in [3.63, 3.8) is 0 Å². The van der Waals surface area contributed by atoms with Gasteiger partial charge in [0, 0.05) is 17.3 Å². The van der Waals surface area contributed by atoms with Crippen LogP contribution in [-0.2, 0) is 6.42 Å². The summed E-state index contributed by atoms with van der Waals surface area (Å²) in [6, 6.07) is 6.94. The molecule has 1 fully saturated rings. The van der Waals surface area contributed by atoms with E-state index in [1.165, 1.54) is 18.4 Å². The standard InChI is InChI=1S/C14H19NO/c1-2-9-3-6-12-11(7-9)14(16)8-13(15-12)10-4-5-10/h3,6-7,10,13-16H,2,4-5,8H2,1H3. The number of fused-ring (bicyclic) bond motifs is 1. The van der Waals surface area contributed by atoms with Crippen LogP contribution < -0.4 is 5.32 Å². The van der Waals surface area contributed by atoms with Gasteiger partial charge in [-0.25, -0.2) is 0 Å². The van der Waals surface area contributed by atoms with E-state index in [1.54, 1.807) is 0 Å². The Morgan fingerprint density at radius 1 is 1.38 bits per heavy atom. The van der Waals surface area contributed by atoms with Crippen molar-refractivity contribution < 1.29 is 5.11 Å². The second kappa shape index (κ2) is 3.77. The lowest BCUT2D eigenvalue weighted by Crippen LogP contribution is -2.29. The summed E-state index contributed by atoms with van der Waals surface area (Å²) in [7, 11) is 0. The highest BCUT2D eigenvalue weighted by Crippen LogP contribution is 2.42. The second-order valence-electron chi connectivity index (χ2n) is 5.11. The first-order chi connectivity index (χ1) is 7.78. The van der Waals surface area contributed by atoms with Crippen LogP contribution in [0.2, 0.25) is 0 Å². The maximum atomic E-state index is 10.2. The first-order valence-electron chi connectivity index (χ1n) is 6.35. The van der Waals surface area contributed by atoms with E-state index < -0.39 is 0 Å². The molecule has 0 radical (unpaired) electrons. The molecule has 2 nitrogen and oxygen atoms in total. The van der Waals surface area contributed by atoms with Gasteiger partial charge in [-0.1, -0.05) is 19.1 Å². The molecule has 1 aromatic rings. The summed E-state index contributed by atoms with van der Waals surface area (Å²) in [5.74, 6) is 0.800. The summed E-state index contributed by atoms with van der Waals surface area (Å²) in [4.78, 5) is 0. The van der Waals surface area contributed by atoms with Gasteiger partial charge in [0.2, 0.25) is 0 Å². The van der Waals surface area contributed by atoms with E-state index in [-0.39, 0.29) is 6.10 Å². The Morgan fingerprint density at radius 2 is 2.19 bits per heavy atom. The fourth-order valence-electron chi connectivity index (χ4n) is 2.67. The Balaban J connectivity index is 1.90. The second-order valence-corrected chi connectivity index (χ2v) is 5.11. The van der Waals surface area contributed by atoms with Crippen LogP contribution >= 0.6 is 0 Å². The maximum Gasteiger partial charge on any atom is 0.0829 e. The van der Waals surface area contributed by atoms with Gasteiger partial charge in [0.1, 0.15) is 0 Å². The lowest BCUT2D eigenvalue weighted by Gasteiger charge is -2.31. The number of rotatable bonds is 2. The lowest BCUT2D eigenvalue weighted by atomic mass is 9.91. The molecule has 16 heavy (non-hydrogen) atoms. The number of aryl methyl sites for hydroxylation is 1. The third-order valence-corrected chi connectivity index (χ3v) is 3.89. The molecule has 0 spiro atoms. The number of nitrogens with one attached hydrogen (secondary N) is 1. The Bertz CT molecular complexity index is 398. The molecular weight excluding hydrogens is 198 g/mol. The summed E-state index contributed by atoms with van der Waals surface area (Å²) in [6.07, 6.45) is 4.30. The molecule has 1 heterocycles. The largest absolute Gasteiger partial charge is 0.388 e. The van der Waals surface area contributed by atoms with E-state index in [0.717, 1.165) is 30.0 Å². The average molecular weight is 217 g/mol. The molecule has 1 saturated carbocycles. The van der Waals surface area contributed by atoms with Crippen LogP contribution in [0.4, 0.5) is 5.69 Å². The number of aliphatic hydroxyl groups excluding tert-OH is 1. The van der Waals surface area contributed by atoms with E-state index in [2.05, 4.69) is 30.4 Å². The van der Waals surface area contributed by atoms with Gasteiger partial charge in [0.15, 0.2) is 0 Å². The molecule has 2 heteroatoms. The fourth-order valence-corrected chi connectivity index (χ4v) is 2.67. The molecule has 2 atom stereocenters. The maximum absolute atomic E-state index is 10.2. The van der Waals surface area contributed by atoms with Crippen molar-refractivity contribution in [3.05, 3.63) is 29.3 Å². The zero-order valence-electron chi connectivity index (χ0n) is 9.74. The molecule has 1 aromatic carbocycles. The number of anilines is 1. The zero-order chi connectivity index (χ0) is 11.1. The SMILES string of the molecule is CCc1ccc2c(c1)C(O)CC(C1CC1)N2. The van der Waals surface area contributed by atoms with Crippen molar-refractivity contribution in [2.75, 3.05) is 5.32 Å². The number of hydrogen-bond acceptors (Lipinski definition) is 2. The highest BCUT2D eigenvalue weighted by Gasteiger charge is 2.36. The van der Waals surface area contributed by atoms with E-state index in [9.17, 15) is 5.11 Å². The topological polar surface area (TPSA) is 32.3 Å². The minimum Gasteiger partial charge on any atom is -0.388 e. The molecule has 2 unspecified atom stereocenters. The van der Waals surface area contributed by atoms with E-state index in [1.807, 2.05) is 0 Å². The van der Waals surface area contributed by atoms with Crippen molar-refractivity contribution in [2.24, 2.45) is 5.92 Å². The number of aliphatic hydroxyl groups is 1. The molecule has 0 aromatic heterocycles. The third-order valence-electron chi connectivity index (χ3n) is 3.89. The van der Waals surface area contributed by atoms with E-state index >= 15 is 0 Å². The van der Waals surface area contributed by atoms with Gasteiger partial charge in [-0.3, -0.25) is 0 Å². The summed E-state index contributed by atoms with van der Waals surface area (Å²) in [6.45, 7) is 2.15. The van der Waals surface area contributed by atoms with Gasteiger partial charge in [0.05, 0.1) is 6.10 Å². The molecule has 2 aliphatic rings. The van der Waals surface area contributed by atoms with Crippen LogP contribution in [0.25, 0.3) is 0 Å². The first-order valence-corrected chi connectivity index (χ1v) is 6.35. The molecular formula is C14H19NO. The molecule has 1 aliphatic heterocycles. The van der Waals surface area contributed by atoms with E-state index in [4.69, 9.17) is 0 Å². The predicted octanol–water partition coefficient (Wildman–Crippen LogP) is 2.88. The highest BCUT2D eigenvalue weighted by molar-refractivity contribution is 5.56. The first kappa shape index (κ1) is 10.2. The minimum atomic E-state index is -0.270. The molecule has 86 valence electrons. The Kier molecular flexibility index (Phi) is 2.40. The highest BCUT2D eigenvalue weighted by atomic mass is 16.3. The van der Waals surface area contributed by atoms with Gasteiger partial charge < -0.3 is 10.4 Å². The van der Waals surface area contributed by atoms with Gasteiger partial charge in [-0.2, -0.15) is 0 Å². The molecule has 3 rings (SSSR count). The van der Waals surface area contributed by atoms with Crippen molar-refractivity contribution in [1.82, 2.24) is 0 Å². The van der Waals surface area contributed by atoms with Crippen LogP contribution in [0, 0.1) is 5.92 Å². The zero-order valence-corrected chi connectivity index (χ0v) is 9.74. The van der Waals surface area contributed by atoms with Gasteiger partial charge in [-0.05, 0) is 43.2 Å². The summed E-state index contributed by atoms with van der Waals surface area (Å²) in [5, 5.41) is 13.8. The summed E-state index contributed by atoms with van der Waals surface area (Å²) in [5.41, 5.74) is 3.55. The number of hydrogen-bond donors (Lipinski definition) is 2. The van der Waals surface area contributed by atoms with Crippen LogP contribution in [0.1, 0.15) is 43.4 Å². The van der Waals surface area contributed by atoms with Crippen LogP contribution in [0.3, 0.4) is 0 Å². The van der Waals surface area contributed by atoms with Crippen LogP contribution in [0.5, 0.6) is 0 Å². The monoisotopic (exact) mass is 217 g/mol. The normalized spacial score (nSPS) is 28.4. The third kappa shape index (κ3) is 1.71. The van der Waals surface area contributed by atoms with Gasteiger partial charge in [-0.15, -0.1) is 0 Å². The smallest absolute Gasteiger partial charge is 0.0829 e.